The van der Waals surface area contributed by atoms with Gasteiger partial charge >= 0.3 is 0 Å². The van der Waals surface area contributed by atoms with Gasteiger partial charge in [-0.25, -0.2) is 9.97 Å². The van der Waals surface area contributed by atoms with E-state index >= 15 is 0 Å². The molecule has 25 heavy (non-hydrogen) atoms. The van der Waals surface area contributed by atoms with E-state index in [1.807, 2.05) is 13.1 Å². The average molecular weight is 338 g/mol. The first-order valence-corrected chi connectivity index (χ1v) is 9.35. The van der Waals surface area contributed by atoms with Crippen molar-refractivity contribution in [2.75, 3.05) is 31.1 Å². The molecule has 1 saturated heterocycles. The fourth-order valence-electron chi connectivity index (χ4n) is 3.68. The number of fused-ring (bicyclic) bond motifs is 1. The Kier molecular flexibility index (Phi) is 4.83. The van der Waals surface area contributed by atoms with Gasteiger partial charge in [0.05, 0.1) is 12.3 Å². The van der Waals surface area contributed by atoms with E-state index in [2.05, 4.69) is 39.0 Å². The standard InChI is InChI=1S/C20H26N4O/c1-2-25-18-7-5-16(6-8-18)14-23-12-9-19-17(15-23)13-21-20(22-19)24-10-3-4-11-24/h5-8,13H,2-4,9-12,14-15H2,1H3. The van der Waals surface area contributed by atoms with Crippen LogP contribution in [0.5, 0.6) is 5.75 Å². The van der Waals surface area contributed by atoms with E-state index in [4.69, 9.17) is 9.72 Å². The van der Waals surface area contributed by atoms with Gasteiger partial charge in [-0.05, 0) is 37.5 Å². The molecule has 0 radical (unpaired) electrons. The molecule has 0 spiro atoms. The second-order valence-electron chi connectivity index (χ2n) is 6.87. The van der Waals surface area contributed by atoms with Crippen LogP contribution in [0, 0.1) is 0 Å². The molecule has 1 aromatic carbocycles. The lowest BCUT2D eigenvalue weighted by molar-refractivity contribution is 0.242. The molecular weight excluding hydrogens is 312 g/mol. The van der Waals surface area contributed by atoms with E-state index in [1.165, 1.54) is 29.7 Å². The van der Waals surface area contributed by atoms with Gasteiger partial charge in [0.1, 0.15) is 5.75 Å². The lowest BCUT2D eigenvalue weighted by Gasteiger charge is -2.28. The summed E-state index contributed by atoms with van der Waals surface area (Å²) in [4.78, 5) is 14.2. The van der Waals surface area contributed by atoms with Crippen LogP contribution in [0.1, 0.15) is 36.6 Å². The van der Waals surface area contributed by atoms with Crippen molar-refractivity contribution in [3.63, 3.8) is 0 Å². The summed E-state index contributed by atoms with van der Waals surface area (Å²) < 4.78 is 5.52. The molecule has 132 valence electrons. The zero-order valence-corrected chi connectivity index (χ0v) is 14.9. The van der Waals surface area contributed by atoms with Crippen molar-refractivity contribution in [3.05, 3.63) is 47.3 Å². The highest BCUT2D eigenvalue weighted by molar-refractivity contribution is 5.35. The topological polar surface area (TPSA) is 41.5 Å². The lowest BCUT2D eigenvalue weighted by Crippen LogP contribution is -2.31. The summed E-state index contributed by atoms with van der Waals surface area (Å²) in [5.41, 5.74) is 3.83. The maximum Gasteiger partial charge on any atom is 0.225 e. The van der Waals surface area contributed by atoms with Crippen molar-refractivity contribution in [1.82, 2.24) is 14.9 Å². The number of rotatable bonds is 5. The molecule has 2 aliphatic rings. The summed E-state index contributed by atoms with van der Waals surface area (Å²) in [5.74, 6) is 1.87. The van der Waals surface area contributed by atoms with Crippen LogP contribution < -0.4 is 9.64 Å². The van der Waals surface area contributed by atoms with Crippen molar-refractivity contribution >= 4 is 5.95 Å². The van der Waals surface area contributed by atoms with Gasteiger partial charge in [0.2, 0.25) is 5.95 Å². The van der Waals surface area contributed by atoms with Gasteiger partial charge in [-0.15, -0.1) is 0 Å². The van der Waals surface area contributed by atoms with Crippen LogP contribution in [0.2, 0.25) is 0 Å². The van der Waals surface area contributed by atoms with Gasteiger partial charge in [-0.2, -0.15) is 0 Å². The highest BCUT2D eigenvalue weighted by Crippen LogP contribution is 2.23. The molecule has 2 aromatic rings. The fourth-order valence-corrected chi connectivity index (χ4v) is 3.68. The Morgan fingerprint density at radius 1 is 1.08 bits per heavy atom. The van der Waals surface area contributed by atoms with Crippen molar-refractivity contribution in [2.24, 2.45) is 0 Å². The van der Waals surface area contributed by atoms with Crippen molar-refractivity contribution in [2.45, 2.75) is 39.3 Å². The highest BCUT2D eigenvalue weighted by atomic mass is 16.5. The number of benzene rings is 1. The summed E-state index contributed by atoms with van der Waals surface area (Å²) in [6, 6.07) is 8.44. The predicted molar refractivity (Wildman–Crippen MR) is 98.9 cm³/mol. The van der Waals surface area contributed by atoms with Crippen LogP contribution in [0.25, 0.3) is 0 Å². The van der Waals surface area contributed by atoms with Gasteiger partial charge in [-0.1, -0.05) is 12.1 Å². The van der Waals surface area contributed by atoms with E-state index in [9.17, 15) is 0 Å². The van der Waals surface area contributed by atoms with E-state index in [-0.39, 0.29) is 0 Å². The quantitative estimate of drug-likeness (QED) is 0.838. The summed E-state index contributed by atoms with van der Waals surface area (Å²) >= 11 is 0. The summed E-state index contributed by atoms with van der Waals surface area (Å²) in [5, 5.41) is 0. The first kappa shape index (κ1) is 16.3. The zero-order chi connectivity index (χ0) is 17.1. The Morgan fingerprint density at radius 2 is 1.88 bits per heavy atom. The Hall–Kier alpha value is -2.14. The third-order valence-electron chi connectivity index (χ3n) is 5.03. The predicted octanol–water partition coefficient (Wildman–Crippen LogP) is 3.03. The Bertz CT molecular complexity index is 710. The Morgan fingerprint density at radius 3 is 2.64 bits per heavy atom. The second-order valence-corrected chi connectivity index (χ2v) is 6.87. The molecule has 1 fully saturated rings. The monoisotopic (exact) mass is 338 g/mol. The molecule has 0 N–H and O–H groups in total. The van der Waals surface area contributed by atoms with Crippen LogP contribution in [-0.2, 0) is 19.5 Å². The number of hydrogen-bond acceptors (Lipinski definition) is 5. The molecule has 1 aromatic heterocycles. The molecule has 0 atom stereocenters. The largest absolute Gasteiger partial charge is 0.494 e. The molecule has 2 aliphatic heterocycles. The number of ether oxygens (including phenoxy) is 1. The van der Waals surface area contributed by atoms with E-state index in [0.29, 0.717) is 6.61 Å². The van der Waals surface area contributed by atoms with Crippen molar-refractivity contribution in [1.29, 1.82) is 0 Å². The normalized spacial score (nSPS) is 17.6. The van der Waals surface area contributed by atoms with Gasteiger partial charge in [-0.3, -0.25) is 4.90 Å². The third kappa shape index (κ3) is 3.76. The number of anilines is 1. The highest BCUT2D eigenvalue weighted by Gasteiger charge is 2.21. The van der Waals surface area contributed by atoms with E-state index in [0.717, 1.165) is 50.8 Å². The minimum Gasteiger partial charge on any atom is -0.494 e. The van der Waals surface area contributed by atoms with Crippen LogP contribution in [0.4, 0.5) is 5.95 Å². The fraction of sp³-hybridized carbons (Fsp3) is 0.500. The molecule has 0 saturated carbocycles. The first-order chi connectivity index (χ1) is 12.3. The molecule has 0 aliphatic carbocycles. The van der Waals surface area contributed by atoms with Crippen LogP contribution in [-0.4, -0.2) is 41.1 Å². The maximum absolute atomic E-state index is 5.52. The second kappa shape index (κ2) is 7.40. The minimum atomic E-state index is 0.710. The SMILES string of the molecule is CCOc1ccc(CN2CCc3nc(N4CCCC4)ncc3C2)cc1. The van der Waals surface area contributed by atoms with E-state index < -0.39 is 0 Å². The smallest absolute Gasteiger partial charge is 0.225 e. The van der Waals surface area contributed by atoms with Gasteiger partial charge < -0.3 is 9.64 Å². The molecule has 4 rings (SSSR count). The summed E-state index contributed by atoms with van der Waals surface area (Å²) in [6.07, 6.45) is 5.57. The van der Waals surface area contributed by atoms with Gasteiger partial charge in [0.15, 0.2) is 0 Å². The van der Waals surface area contributed by atoms with Gasteiger partial charge in [0.25, 0.3) is 0 Å². The number of nitrogens with zero attached hydrogens (tertiary/aromatic N) is 4. The molecule has 3 heterocycles. The molecular formula is C20H26N4O. The molecule has 0 amide bonds. The number of hydrogen-bond donors (Lipinski definition) is 0. The lowest BCUT2D eigenvalue weighted by atomic mass is 10.1. The Balaban J connectivity index is 1.40. The molecule has 0 unspecified atom stereocenters. The van der Waals surface area contributed by atoms with Crippen LogP contribution >= 0.6 is 0 Å². The average Bonchev–Trinajstić information content (AvgIpc) is 3.18. The van der Waals surface area contributed by atoms with Crippen molar-refractivity contribution < 1.29 is 4.74 Å². The minimum absolute atomic E-state index is 0.710. The maximum atomic E-state index is 5.52. The molecule has 5 heteroatoms. The van der Waals surface area contributed by atoms with Crippen molar-refractivity contribution in [3.8, 4) is 5.75 Å². The summed E-state index contributed by atoms with van der Waals surface area (Å²) in [6.45, 7) is 7.86. The van der Waals surface area contributed by atoms with Crippen LogP contribution in [0.15, 0.2) is 30.5 Å². The third-order valence-corrected chi connectivity index (χ3v) is 5.03. The molecule has 5 nitrogen and oxygen atoms in total. The van der Waals surface area contributed by atoms with Gasteiger partial charge in [0, 0.05) is 50.9 Å². The van der Waals surface area contributed by atoms with E-state index in [1.54, 1.807) is 0 Å². The first-order valence-electron chi connectivity index (χ1n) is 9.35. The Labute approximate surface area is 149 Å². The van der Waals surface area contributed by atoms with Crippen LogP contribution in [0.3, 0.4) is 0 Å². The molecule has 0 bridgehead atoms. The zero-order valence-electron chi connectivity index (χ0n) is 14.9. The number of aromatic nitrogens is 2. The summed E-state index contributed by atoms with van der Waals surface area (Å²) in [7, 11) is 0.